The van der Waals surface area contributed by atoms with E-state index in [1.807, 2.05) is 31.3 Å². The maximum absolute atomic E-state index is 9.48. The molecule has 0 bridgehead atoms. The molecule has 7 nitrogen and oxygen atoms in total. The van der Waals surface area contributed by atoms with Gasteiger partial charge in [-0.15, -0.1) is 0 Å². The van der Waals surface area contributed by atoms with E-state index in [1.165, 1.54) is 12.8 Å². The minimum absolute atomic E-state index is 0.193. The summed E-state index contributed by atoms with van der Waals surface area (Å²) in [5.41, 5.74) is 4.41. The number of nitriles is 1. The van der Waals surface area contributed by atoms with E-state index in [0.29, 0.717) is 17.9 Å². The van der Waals surface area contributed by atoms with Crippen molar-refractivity contribution >= 4 is 21.9 Å². The zero-order valence-electron chi connectivity index (χ0n) is 18.3. The molecule has 1 aliphatic heterocycles. The highest BCUT2D eigenvalue weighted by molar-refractivity contribution is 6.02. The summed E-state index contributed by atoms with van der Waals surface area (Å²) < 4.78 is 14.2. The van der Waals surface area contributed by atoms with Crippen molar-refractivity contribution in [1.82, 2.24) is 19.5 Å². The lowest BCUT2D eigenvalue weighted by atomic mass is 10.0. The fourth-order valence-electron chi connectivity index (χ4n) is 5.05. The first kappa shape index (κ1) is 19.4. The monoisotopic (exact) mass is 427 g/mol. The zero-order valence-corrected chi connectivity index (χ0v) is 18.3. The van der Waals surface area contributed by atoms with Crippen molar-refractivity contribution in [1.29, 1.82) is 5.26 Å². The molecule has 0 spiro atoms. The molecule has 3 aromatic heterocycles. The predicted molar refractivity (Wildman–Crippen MR) is 119 cm³/mol. The first-order valence-corrected chi connectivity index (χ1v) is 11.4. The number of aryl methyl sites for hydroxylation is 1. The average molecular weight is 428 g/mol. The molecule has 7 heteroatoms. The van der Waals surface area contributed by atoms with Gasteiger partial charge < -0.3 is 13.7 Å². The highest BCUT2D eigenvalue weighted by Crippen LogP contribution is 2.43. The molecule has 6 rings (SSSR count). The van der Waals surface area contributed by atoms with E-state index in [-0.39, 0.29) is 12.1 Å². The van der Waals surface area contributed by atoms with Crippen LogP contribution in [0.4, 0.5) is 0 Å². The number of imidazole rings is 1. The summed E-state index contributed by atoms with van der Waals surface area (Å²) in [5, 5.41) is 10.5. The number of hydrogen-bond donors (Lipinski definition) is 0. The lowest BCUT2D eigenvalue weighted by molar-refractivity contribution is 0.00630. The van der Waals surface area contributed by atoms with Crippen LogP contribution < -0.4 is 0 Å². The van der Waals surface area contributed by atoms with E-state index in [4.69, 9.17) is 19.1 Å². The van der Waals surface area contributed by atoms with Crippen LogP contribution in [0.3, 0.4) is 0 Å². The number of hydrogen-bond acceptors (Lipinski definition) is 6. The highest BCUT2D eigenvalue weighted by atomic mass is 16.5. The molecule has 2 aliphatic rings. The van der Waals surface area contributed by atoms with E-state index >= 15 is 0 Å². The first-order valence-electron chi connectivity index (χ1n) is 11.4. The molecule has 2 fully saturated rings. The van der Waals surface area contributed by atoms with Gasteiger partial charge in [-0.3, -0.25) is 4.98 Å². The molecule has 0 radical (unpaired) electrons. The largest absolute Gasteiger partial charge is 0.445 e. The smallest absolute Gasteiger partial charge is 0.191 e. The number of ether oxygens (including phenoxy) is 1. The number of fused-ring (bicyclic) bond motifs is 3. The fraction of sp³-hybridized carbons (Fsp3) is 0.440. The summed E-state index contributed by atoms with van der Waals surface area (Å²) in [7, 11) is 0. The van der Waals surface area contributed by atoms with Gasteiger partial charge >= 0.3 is 0 Å². The summed E-state index contributed by atoms with van der Waals surface area (Å²) in [6, 6.07) is 8.21. The van der Waals surface area contributed by atoms with Crippen LogP contribution in [-0.4, -0.2) is 32.2 Å². The van der Waals surface area contributed by atoms with Crippen LogP contribution in [0.15, 0.2) is 28.8 Å². The Morgan fingerprint density at radius 3 is 2.84 bits per heavy atom. The highest BCUT2D eigenvalue weighted by Gasteiger charge is 2.32. The predicted octanol–water partition coefficient (Wildman–Crippen LogP) is 4.96. The second kappa shape index (κ2) is 7.42. The second-order valence-electron chi connectivity index (χ2n) is 9.09. The standard InChI is InChI=1S/C25H25N5O2/c1-14-9-18(7-8-31-14)30-23(11-21-25(17-4-5-17)32-15(2)28-21)29-22-13-27-20-6-3-16(12-26)10-19(20)24(22)30/h3,6,10,13-14,17-18H,4-5,7-9,11H2,1-2H3/t14-,18-/m1/s1. The Morgan fingerprint density at radius 1 is 1.19 bits per heavy atom. The van der Waals surface area contributed by atoms with E-state index < -0.39 is 0 Å². The molecule has 162 valence electrons. The second-order valence-corrected chi connectivity index (χ2v) is 9.09. The summed E-state index contributed by atoms with van der Waals surface area (Å²) >= 11 is 0. The third-order valence-electron chi connectivity index (χ3n) is 6.65. The molecular formula is C25H25N5O2. The van der Waals surface area contributed by atoms with Crippen molar-refractivity contribution in [2.24, 2.45) is 0 Å². The van der Waals surface area contributed by atoms with Crippen LogP contribution in [0.2, 0.25) is 0 Å². The van der Waals surface area contributed by atoms with Gasteiger partial charge in [0.1, 0.15) is 17.1 Å². The number of rotatable bonds is 4. The molecule has 0 amide bonds. The first-order chi connectivity index (χ1) is 15.6. The van der Waals surface area contributed by atoms with Crippen LogP contribution in [0.25, 0.3) is 21.9 Å². The minimum Gasteiger partial charge on any atom is -0.445 e. The molecule has 0 N–H and O–H groups in total. The lowest BCUT2D eigenvalue weighted by Crippen LogP contribution is -2.26. The van der Waals surface area contributed by atoms with Gasteiger partial charge in [-0.25, -0.2) is 9.97 Å². The van der Waals surface area contributed by atoms with Crippen molar-refractivity contribution in [2.45, 2.75) is 64.0 Å². The zero-order chi connectivity index (χ0) is 21.8. The molecule has 1 aromatic carbocycles. The number of nitrogens with zero attached hydrogens (tertiary/aromatic N) is 5. The van der Waals surface area contributed by atoms with Crippen molar-refractivity contribution < 1.29 is 9.15 Å². The minimum atomic E-state index is 0.193. The summed E-state index contributed by atoms with van der Waals surface area (Å²) in [6.45, 7) is 4.78. The number of pyridine rings is 1. The van der Waals surface area contributed by atoms with Crippen LogP contribution in [-0.2, 0) is 11.2 Å². The van der Waals surface area contributed by atoms with Gasteiger partial charge in [-0.1, -0.05) is 0 Å². The van der Waals surface area contributed by atoms with E-state index in [2.05, 4.69) is 22.5 Å². The van der Waals surface area contributed by atoms with Crippen LogP contribution in [0.1, 0.15) is 73.3 Å². The van der Waals surface area contributed by atoms with Gasteiger partial charge in [0.25, 0.3) is 0 Å². The molecule has 2 atom stereocenters. The Kier molecular flexibility index (Phi) is 4.51. The van der Waals surface area contributed by atoms with E-state index in [0.717, 1.165) is 64.6 Å². The van der Waals surface area contributed by atoms with E-state index in [9.17, 15) is 5.26 Å². The van der Waals surface area contributed by atoms with Crippen molar-refractivity contribution in [3.05, 3.63) is 53.1 Å². The summed E-state index contributed by atoms with van der Waals surface area (Å²) in [6.07, 6.45) is 6.86. The molecular weight excluding hydrogens is 402 g/mol. The Hall–Kier alpha value is -3.24. The normalized spacial score (nSPS) is 21.3. The van der Waals surface area contributed by atoms with Crippen LogP contribution in [0, 0.1) is 18.3 Å². The summed E-state index contributed by atoms with van der Waals surface area (Å²) in [4.78, 5) is 14.4. The van der Waals surface area contributed by atoms with Gasteiger partial charge in [0.2, 0.25) is 0 Å². The Bertz CT molecular complexity index is 1370. The molecule has 32 heavy (non-hydrogen) atoms. The van der Waals surface area contributed by atoms with E-state index in [1.54, 1.807) is 0 Å². The quantitative estimate of drug-likeness (QED) is 0.457. The molecule has 1 aliphatic carbocycles. The number of oxazole rings is 1. The lowest BCUT2D eigenvalue weighted by Gasteiger charge is -2.30. The third-order valence-corrected chi connectivity index (χ3v) is 6.65. The molecule has 4 aromatic rings. The molecule has 4 heterocycles. The Morgan fingerprint density at radius 2 is 2.06 bits per heavy atom. The molecule has 0 unspecified atom stereocenters. The van der Waals surface area contributed by atoms with Crippen molar-refractivity contribution in [3.63, 3.8) is 0 Å². The van der Waals surface area contributed by atoms with Crippen LogP contribution in [0.5, 0.6) is 0 Å². The topological polar surface area (TPSA) is 89.8 Å². The SMILES string of the molecule is Cc1nc(Cc2nc3cnc4ccc(C#N)cc4c3n2[C@@H]2CCO[C@H](C)C2)c(C2CC2)o1. The average Bonchev–Trinajstić information content (AvgIpc) is 3.47. The van der Waals surface area contributed by atoms with Gasteiger partial charge in [0.15, 0.2) is 5.89 Å². The Balaban J connectivity index is 1.56. The molecule has 1 saturated heterocycles. The van der Waals surface area contributed by atoms with Crippen molar-refractivity contribution in [2.75, 3.05) is 6.61 Å². The fourth-order valence-corrected chi connectivity index (χ4v) is 5.05. The maximum atomic E-state index is 9.48. The Labute approximate surface area is 186 Å². The molecule has 1 saturated carbocycles. The third kappa shape index (κ3) is 3.26. The number of benzene rings is 1. The van der Waals surface area contributed by atoms with Crippen LogP contribution >= 0.6 is 0 Å². The number of aromatic nitrogens is 4. The van der Waals surface area contributed by atoms with Gasteiger partial charge in [0, 0.05) is 30.9 Å². The summed E-state index contributed by atoms with van der Waals surface area (Å²) in [5.74, 6) is 3.21. The maximum Gasteiger partial charge on any atom is 0.191 e. The van der Waals surface area contributed by atoms with Crippen molar-refractivity contribution in [3.8, 4) is 6.07 Å². The van der Waals surface area contributed by atoms with Gasteiger partial charge in [-0.2, -0.15) is 5.26 Å². The van der Waals surface area contributed by atoms with Gasteiger partial charge in [-0.05, 0) is 50.8 Å². The van der Waals surface area contributed by atoms with Gasteiger partial charge in [0.05, 0.1) is 47.1 Å².